The fraction of sp³-hybridized carbons (Fsp3) is 0.462. The maximum absolute atomic E-state index is 4.72. The number of fused-ring (bicyclic) bond motifs is 3. The molecule has 72 valence electrons. The molecule has 3 atom stereocenters. The van der Waals surface area contributed by atoms with Crippen molar-refractivity contribution in [1.29, 1.82) is 0 Å². The van der Waals surface area contributed by atoms with Gasteiger partial charge in [-0.3, -0.25) is 4.99 Å². The molecule has 0 saturated carbocycles. The molecule has 3 unspecified atom stereocenters. The van der Waals surface area contributed by atoms with E-state index in [0.717, 1.165) is 6.54 Å². The zero-order valence-corrected chi connectivity index (χ0v) is 8.26. The lowest BCUT2D eigenvalue weighted by atomic mass is 9.72. The van der Waals surface area contributed by atoms with Crippen LogP contribution in [0.15, 0.2) is 41.4 Å². The number of hydrogen-bond donors (Lipinski definition) is 0. The molecule has 1 nitrogen and oxygen atoms in total. The second kappa shape index (κ2) is 3.23. The minimum absolute atomic E-state index is 0.601. The van der Waals surface area contributed by atoms with E-state index in [2.05, 4.69) is 36.5 Å². The summed E-state index contributed by atoms with van der Waals surface area (Å²) in [7, 11) is 0. The quantitative estimate of drug-likeness (QED) is 0.515. The lowest BCUT2D eigenvalue weighted by molar-refractivity contribution is 0.408. The summed E-state index contributed by atoms with van der Waals surface area (Å²) in [6.45, 7) is 1.01. The van der Waals surface area contributed by atoms with Gasteiger partial charge in [0.25, 0.3) is 0 Å². The molecule has 1 aliphatic heterocycles. The number of hydrogen-bond acceptors (Lipinski definition) is 1. The molecule has 0 fully saturated rings. The Labute approximate surface area is 84.9 Å². The lowest BCUT2D eigenvalue weighted by Crippen LogP contribution is -2.34. The summed E-state index contributed by atoms with van der Waals surface area (Å²) in [5.41, 5.74) is 1.44. The summed E-state index contributed by atoms with van der Waals surface area (Å²) < 4.78 is 0. The maximum Gasteiger partial charge on any atom is 0.0457 e. The Kier molecular flexibility index (Phi) is 1.90. The number of aliphatic imine (C=N–C) groups is 1. The fourth-order valence-electron chi connectivity index (χ4n) is 2.75. The van der Waals surface area contributed by atoms with Crippen LogP contribution in [0.2, 0.25) is 0 Å². The zero-order chi connectivity index (χ0) is 9.38. The Morgan fingerprint density at radius 1 is 1.14 bits per heavy atom. The molecular formula is C13H15N. The van der Waals surface area contributed by atoms with Crippen LogP contribution in [0, 0.1) is 17.8 Å². The van der Waals surface area contributed by atoms with Crippen LogP contribution in [0.25, 0.3) is 0 Å². The second-order valence-corrected chi connectivity index (χ2v) is 4.34. The predicted molar refractivity (Wildman–Crippen MR) is 59.4 cm³/mol. The summed E-state index contributed by atoms with van der Waals surface area (Å²) in [6.07, 6.45) is 16.1. The molecule has 0 aromatic rings. The maximum atomic E-state index is 4.72. The Bertz CT molecular complexity index is 346. The van der Waals surface area contributed by atoms with E-state index in [1.54, 1.807) is 0 Å². The van der Waals surface area contributed by atoms with E-state index in [1.807, 2.05) is 0 Å². The third-order valence-electron chi connectivity index (χ3n) is 3.51. The van der Waals surface area contributed by atoms with Crippen molar-refractivity contribution in [2.75, 3.05) is 6.54 Å². The average molecular weight is 185 g/mol. The van der Waals surface area contributed by atoms with Crippen molar-refractivity contribution >= 4 is 5.71 Å². The molecule has 0 bridgehead atoms. The van der Waals surface area contributed by atoms with Crippen LogP contribution in [-0.4, -0.2) is 12.3 Å². The first-order chi connectivity index (χ1) is 6.95. The van der Waals surface area contributed by atoms with Crippen LogP contribution in [-0.2, 0) is 0 Å². The molecule has 2 aliphatic carbocycles. The topological polar surface area (TPSA) is 12.4 Å². The molecule has 3 rings (SSSR count). The highest BCUT2D eigenvalue weighted by Gasteiger charge is 2.33. The third kappa shape index (κ3) is 1.19. The predicted octanol–water partition coefficient (Wildman–Crippen LogP) is 2.77. The second-order valence-electron chi connectivity index (χ2n) is 4.34. The molecular weight excluding hydrogens is 170 g/mol. The van der Waals surface area contributed by atoms with Gasteiger partial charge >= 0.3 is 0 Å². The van der Waals surface area contributed by atoms with Crippen molar-refractivity contribution in [3.05, 3.63) is 36.5 Å². The van der Waals surface area contributed by atoms with Crippen molar-refractivity contribution in [2.45, 2.75) is 12.8 Å². The largest absolute Gasteiger partial charge is 0.293 e. The van der Waals surface area contributed by atoms with E-state index in [-0.39, 0.29) is 0 Å². The van der Waals surface area contributed by atoms with Gasteiger partial charge in [-0.1, -0.05) is 36.5 Å². The SMILES string of the molecule is C1=CC2CN=C3CCC=CC3C2C=C1. The summed E-state index contributed by atoms with van der Waals surface area (Å²) in [6, 6.07) is 0. The third-order valence-corrected chi connectivity index (χ3v) is 3.51. The van der Waals surface area contributed by atoms with Gasteiger partial charge in [0.2, 0.25) is 0 Å². The van der Waals surface area contributed by atoms with Gasteiger partial charge in [-0.15, -0.1) is 0 Å². The molecule has 0 radical (unpaired) electrons. The molecule has 3 aliphatic rings. The van der Waals surface area contributed by atoms with Crippen molar-refractivity contribution in [3.63, 3.8) is 0 Å². The first-order valence-corrected chi connectivity index (χ1v) is 5.50. The normalized spacial score (nSPS) is 38.9. The lowest BCUT2D eigenvalue weighted by Gasteiger charge is -2.36. The minimum atomic E-state index is 0.601. The molecule has 0 aromatic heterocycles. The van der Waals surface area contributed by atoms with Gasteiger partial charge in [0.15, 0.2) is 0 Å². The Hall–Kier alpha value is -1.11. The molecule has 0 N–H and O–H groups in total. The number of rotatable bonds is 0. The van der Waals surface area contributed by atoms with Gasteiger partial charge in [0.1, 0.15) is 0 Å². The standard InChI is InChI=1S/C13H15N/c1-2-6-11-10(5-1)9-14-13-8-4-3-7-12(11)13/h1-3,5-7,10-12H,4,8-9H2. The monoisotopic (exact) mass is 185 g/mol. The van der Waals surface area contributed by atoms with Gasteiger partial charge < -0.3 is 0 Å². The summed E-state index contributed by atoms with van der Waals surface area (Å²) in [5.74, 6) is 1.93. The van der Waals surface area contributed by atoms with Crippen molar-refractivity contribution in [1.82, 2.24) is 0 Å². The summed E-state index contributed by atoms with van der Waals surface area (Å²) >= 11 is 0. The van der Waals surface area contributed by atoms with Gasteiger partial charge in [0, 0.05) is 24.1 Å². The highest BCUT2D eigenvalue weighted by molar-refractivity contribution is 5.90. The zero-order valence-electron chi connectivity index (χ0n) is 8.26. The highest BCUT2D eigenvalue weighted by atomic mass is 14.8. The number of nitrogens with zero attached hydrogens (tertiary/aromatic N) is 1. The molecule has 0 aromatic carbocycles. The van der Waals surface area contributed by atoms with Crippen LogP contribution in [0.1, 0.15) is 12.8 Å². The van der Waals surface area contributed by atoms with Crippen LogP contribution in [0.3, 0.4) is 0 Å². The first kappa shape index (κ1) is 8.22. The van der Waals surface area contributed by atoms with Gasteiger partial charge in [-0.05, 0) is 18.8 Å². The molecule has 14 heavy (non-hydrogen) atoms. The van der Waals surface area contributed by atoms with Gasteiger partial charge in [-0.25, -0.2) is 0 Å². The Morgan fingerprint density at radius 2 is 2.07 bits per heavy atom. The first-order valence-electron chi connectivity index (χ1n) is 5.50. The van der Waals surface area contributed by atoms with Crippen LogP contribution >= 0.6 is 0 Å². The van der Waals surface area contributed by atoms with E-state index >= 15 is 0 Å². The average Bonchev–Trinajstić information content (AvgIpc) is 2.29. The Balaban J connectivity index is 1.97. The van der Waals surface area contributed by atoms with Gasteiger partial charge in [-0.2, -0.15) is 0 Å². The Morgan fingerprint density at radius 3 is 3.07 bits per heavy atom. The minimum Gasteiger partial charge on any atom is -0.293 e. The van der Waals surface area contributed by atoms with Crippen molar-refractivity contribution < 1.29 is 0 Å². The van der Waals surface area contributed by atoms with Crippen LogP contribution < -0.4 is 0 Å². The molecule has 1 heteroatoms. The summed E-state index contributed by atoms with van der Waals surface area (Å²) in [4.78, 5) is 4.72. The van der Waals surface area contributed by atoms with Crippen molar-refractivity contribution in [2.24, 2.45) is 22.7 Å². The molecule has 0 spiro atoms. The molecule has 0 saturated heterocycles. The number of allylic oxidation sites excluding steroid dienone is 5. The van der Waals surface area contributed by atoms with E-state index < -0.39 is 0 Å². The van der Waals surface area contributed by atoms with E-state index in [4.69, 9.17) is 4.99 Å². The van der Waals surface area contributed by atoms with Gasteiger partial charge in [0.05, 0.1) is 0 Å². The van der Waals surface area contributed by atoms with E-state index in [1.165, 1.54) is 18.6 Å². The van der Waals surface area contributed by atoms with E-state index in [0.29, 0.717) is 17.8 Å². The van der Waals surface area contributed by atoms with Crippen LogP contribution in [0.4, 0.5) is 0 Å². The molecule has 1 heterocycles. The van der Waals surface area contributed by atoms with E-state index in [9.17, 15) is 0 Å². The van der Waals surface area contributed by atoms with Crippen LogP contribution in [0.5, 0.6) is 0 Å². The van der Waals surface area contributed by atoms with Crippen molar-refractivity contribution in [3.8, 4) is 0 Å². The highest BCUT2D eigenvalue weighted by Crippen LogP contribution is 2.35. The smallest absolute Gasteiger partial charge is 0.0457 e. The molecule has 0 amide bonds. The fourth-order valence-corrected chi connectivity index (χ4v) is 2.75. The summed E-state index contributed by atoms with van der Waals surface area (Å²) in [5, 5.41) is 0.